The zero-order valence-electron chi connectivity index (χ0n) is 8.33. The van der Waals surface area contributed by atoms with Crippen LogP contribution in [0, 0.1) is 11.8 Å². The van der Waals surface area contributed by atoms with Gasteiger partial charge < -0.3 is 16.3 Å². The number of nitrogens with zero attached hydrogens (tertiary/aromatic N) is 1. The predicted molar refractivity (Wildman–Crippen MR) is 52.8 cm³/mol. The average Bonchev–Trinajstić information content (AvgIpc) is 2.95. The van der Waals surface area contributed by atoms with E-state index in [4.69, 9.17) is 10.9 Å². The Labute approximate surface area is 79.2 Å². The number of oxime groups is 1. The van der Waals surface area contributed by atoms with Crippen LogP contribution >= 0.6 is 0 Å². The van der Waals surface area contributed by atoms with Gasteiger partial charge in [0.15, 0.2) is 0 Å². The first kappa shape index (κ1) is 10.3. The zero-order valence-corrected chi connectivity index (χ0v) is 8.33. The summed E-state index contributed by atoms with van der Waals surface area (Å²) in [6, 6.07) is 0.564. The number of hydrogen-bond donors (Lipinski definition) is 3. The average molecular weight is 185 g/mol. The van der Waals surface area contributed by atoms with Gasteiger partial charge in [0.25, 0.3) is 0 Å². The van der Waals surface area contributed by atoms with Crippen LogP contribution in [0.2, 0.25) is 0 Å². The van der Waals surface area contributed by atoms with Gasteiger partial charge >= 0.3 is 0 Å². The van der Waals surface area contributed by atoms with E-state index in [1.54, 1.807) is 0 Å². The first-order chi connectivity index (χ1) is 6.15. The van der Waals surface area contributed by atoms with Crippen LogP contribution in [0.5, 0.6) is 0 Å². The first-order valence-corrected chi connectivity index (χ1v) is 4.86. The molecule has 0 saturated heterocycles. The van der Waals surface area contributed by atoms with E-state index in [1.807, 2.05) is 6.92 Å². The standard InChI is InChI=1S/C9H19N3O/c1-6(9(10)12-13)5-11-7(2)8-3-4-8/h6-8,11,13H,3-5H2,1-2H3,(H2,10,12). The highest BCUT2D eigenvalue weighted by Gasteiger charge is 2.27. The third kappa shape index (κ3) is 3.22. The molecule has 0 amide bonds. The molecule has 1 fully saturated rings. The maximum absolute atomic E-state index is 8.43. The van der Waals surface area contributed by atoms with Crippen molar-refractivity contribution in [3.8, 4) is 0 Å². The SMILES string of the molecule is CC(CNC(C)C1CC1)C(N)=NO. The number of nitrogens with two attached hydrogens (primary N) is 1. The lowest BCUT2D eigenvalue weighted by atomic mass is 10.1. The largest absolute Gasteiger partial charge is 0.409 e. The second kappa shape index (κ2) is 4.46. The van der Waals surface area contributed by atoms with Crippen LogP contribution in [-0.4, -0.2) is 23.6 Å². The van der Waals surface area contributed by atoms with Crippen molar-refractivity contribution in [2.45, 2.75) is 32.7 Å². The lowest BCUT2D eigenvalue weighted by Gasteiger charge is -2.16. The third-order valence-electron chi connectivity index (χ3n) is 2.70. The summed E-state index contributed by atoms with van der Waals surface area (Å²) in [5.74, 6) is 1.25. The summed E-state index contributed by atoms with van der Waals surface area (Å²) < 4.78 is 0. The Bertz CT molecular complexity index is 189. The summed E-state index contributed by atoms with van der Waals surface area (Å²) in [5, 5.41) is 14.8. The van der Waals surface area contributed by atoms with Crippen molar-refractivity contribution in [2.75, 3.05) is 6.54 Å². The molecule has 0 spiro atoms. The molecule has 0 heterocycles. The van der Waals surface area contributed by atoms with Crippen LogP contribution in [0.1, 0.15) is 26.7 Å². The van der Waals surface area contributed by atoms with E-state index in [0.717, 1.165) is 12.5 Å². The normalized spacial score (nSPS) is 22.8. The van der Waals surface area contributed by atoms with Gasteiger partial charge in [0.1, 0.15) is 5.84 Å². The fourth-order valence-corrected chi connectivity index (χ4v) is 1.33. The van der Waals surface area contributed by atoms with E-state index in [0.29, 0.717) is 11.9 Å². The van der Waals surface area contributed by atoms with Crippen molar-refractivity contribution in [3.05, 3.63) is 0 Å². The molecule has 76 valence electrons. The highest BCUT2D eigenvalue weighted by atomic mass is 16.4. The molecule has 0 aromatic rings. The fraction of sp³-hybridized carbons (Fsp3) is 0.889. The van der Waals surface area contributed by atoms with E-state index in [1.165, 1.54) is 12.8 Å². The second-order valence-electron chi connectivity index (χ2n) is 3.96. The van der Waals surface area contributed by atoms with Gasteiger partial charge in [-0.15, -0.1) is 0 Å². The quantitative estimate of drug-likeness (QED) is 0.256. The van der Waals surface area contributed by atoms with E-state index < -0.39 is 0 Å². The Morgan fingerprint density at radius 3 is 2.69 bits per heavy atom. The van der Waals surface area contributed by atoms with E-state index in [9.17, 15) is 0 Å². The molecule has 1 aliphatic rings. The monoisotopic (exact) mass is 185 g/mol. The van der Waals surface area contributed by atoms with Gasteiger partial charge in [-0.25, -0.2) is 0 Å². The molecule has 13 heavy (non-hydrogen) atoms. The minimum absolute atomic E-state index is 0.103. The minimum Gasteiger partial charge on any atom is -0.409 e. The molecular formula is C9H19N3O. The molecule has 1 saturated carbocycles. The number of nitrogens with one attached hydrogen (secondary N) is 1. The van der Waals surface area contributed by atoms with Crippen LogP contribution in [0.3, 0.4) is 0 Å². The van der Waals surface area contributed by atoms with Gasteiger partial charge in [-0.1, -0.05) is 12.1 Å². The minimum atomic E-state index is 0.103. The van der Waals surface area contributed by atoms with Gasteiger partial charge in [-0.3, -0.25) is 0 Å². The van der Waals surface area contributed by atoms with Gasteiger partial charge in [-0.05, 0) is 25.7 Å². The second-order valence-corrected chi connectivity index (χ2v) is 3.96. The summed E-state index contributed by atoms with van der Waals surface area (Å²) in [7, 11) is 0. The van der Waals surface area contributed by atoms with Crippen molar-refractivity contribution in [1.29, 1.82) is 0 Å². The van der Waals surface area contributed by atoms with Gasteiger partial charge in [0.2, 0.25) is 0 Å². The van der Waals surface area contributed by atoms with Crippen LogP contribution in [0.25, 0.3) is 0 Å². The summed E-state index contributed by atoms with van der Waals surface area (Å²) >= 11 is 0. The Hall–Kier alpha value is -0.770. The van der Waals surface area contributed by atoms with Gasteiger partial charge in [0, 0.05) is 18.5 Å². The van der Waals surface area contributed by atoms with Crippen LogP contribution in [-0.2, 0) is 0 Å². The number of rotatable bonds is 5. The summed E-state index contributed by atoms with van der Waals surface area (Å²) in [6.45, 7) is 4.92. The van der Waals surface area contributed by atoms with Crippen molar-refractivity contribution < 1.29 is 5.21 Å². The molecule has 4 heteroatoms. The molecule has 2 unspecified atom stereocenters. The molecule has 2 atom stereocenters. The van der Waals surface area contributed by atoms with Crippen LogP contribution < -0.4 is 11.1 Å². The molecule has 1 rings (SSSR count). The van der Waals surface area contributed by atoms with Crippen LogP contribution in [0.4, 0.5) is 0 Å². The van der Waals surface area contributed by atoms with E-state index in [-0.39, 0.29) is 5.92 Å². The molecule has 1 aliphatic carbocycles. The van der Waals surface area contributed by atoms with Gasteiger partial charge in [-0.2, -0.15) is 0 Å². The Morgan fingerprint density at radius 1 is 1.62 bits per heavy atom. The lowest BCUT2D eigenvalue weighted by Crippen LogP contribution is -2.36. The van der Waals surface area contributed by atoms with Gasteiger partial charge in [0.05, 0.1) is 0 Å². The maximum Gasteiger partial charge on any atom is 0.143 e. The van der Waals surface area contributed by atoms with E-state index >= 15 is 0 Å². The molecule has 0 aliphatic heterocycles. The highest BCUT2D eigenvalue weighted by Crippen LogP contribution is 2.32. The summed E-state index contributed by atoms with van der Waals surface area (Å²) in [5.41, 5.74) is 5.45. The predicted octanol–water partition coefficient (Wildman–Crippen LogP) is 0.757. The van der Waals surface area contributed by atoms with Crippen molar-refractivity contribution in [1.82, 2.24) is 5.32 Å². The Balaban J connectivity index is 2.17. The topological polar surface area (TPSA) is 70.6 Å². The molecule has 0 bridgehead atoms. The molecule has 4 N–H and O–H groups in total. The van der Waals surface area contributed by atoms with Crippen molar-refractivity contribution >= 4 is 5.84 Å². The van der Waals surface area contributed by atoms with Crippen molar-refractivity contribution in [3.63, 3.8) is 0 Å². The molecule has 0 radical (unpaired) electrons. The summed E-state index contributed by atoms with van der Waals surface area (Å²) in [6.07, 6.45) is 2.68. The Kier molecular flexibility index (Phi) is 3.54. The number of amidine groups is 1. The molecule has 0 aromatic carbocycles. The van der Waals surface area contributed by atoms with Crippen molar-refractivity contribution in [2.24, 2.45) is 22.7 Å². The van der Waals surface area contributed by atoms with E-state index in [2.05, 4.69) is 17.4 Å². The maximum atomic E-state index is 8.43. The Morgan fingerprint density at radius 2 is 2.23 bits per heavy atom. The fourth-order valence-electron chi connectivity index (χ4n) is 1.33. The lowest BCUT2D eigenvalue weighted by molar-refractivity contribution is 0.313. The smallest absolute Gasteiger partial charge is 0.143 e. The third-order valence-corrected chi connectivity index (χ3v) is 2.70. The number of hydrogen-bond acceptors (Lipinski definition) is 3. The molecule has 0 aromatic heterocycles. The zero-order chi connectivity index (χ0) is 9.84. The van der Waals surface area contributed by atoms with Crippen LogP contribution in [0.15, 0.2) is 5.16 Å². The summed E-state index contributed by atoms with van der Waals surface area (Å²) in [4.78, 5) is 0. The molecule has 4 nitrogen and oxygen atoms in total. The molecular weight excluding hydrogens is 166 g/mol. The first-order valence-electron chi connectivity index (χ1n) is 4.86. The highest BCUT2D eigenvalue weighted by molar-refractivity contribution is 5.82.